The van der Waals surface area contributed by atoms with E-state index >= 15 is 0 Å². The summed E-state index contributed by atoms with van der Waals surface area (Å²) < 4.78 is 5.13. The molecular weight excluding hydrogens is 296 g/mol. The molecule has 0 aliphatic rings. The number of carbonyl (C=O) groups excluding carboxylic acids is 1. The molecule has 0 spiro atoms. The molecule has 1 amide bonds. The summed E-state index contributed by atoms with van der Waals surface area (Å²) in [6, 6.07) is 6.52. The Morgan fingerprint density at radius 2 is 2.00 bits per heavy atom. The number of amides is 1. The minimum absolute atomic E-state index is 0.0385. The first-order chi connectivity index (χ1) is 10.9. The van der Waals surface area contributed by atoms with Crippen LogP contribution in [0.4, 0.5) is 0 Å². The van der Waals surface area contributed by atoms with E-state index in [1.807, 2.05) is 20.8 Å². The largest absolute Gasteiger partial charge is 0.478 e. The van der Waals surface area contributed by atoms with Crippen LogP contribution in [0.1, 0.15) is 45.8 Å². The fourth-order valence-corrected chi connectivity index (χ4v) is 2.68. The van der Waals surface area contributed by atoms with Crippen molar-refractivity contribution in [3.8, 4) is 0 Å². The van der Waals surface area contributed by atoms with Crippen molar-refractivity contribution in [3.05, 3.63) is 52.4 Å². The Bertz CT molecular complexity index is 702. The van der Waals surface area contributed by atoms with Gasteiger partial charge in [-0.3, -0.25) is 4.79 Å². The Morgan fingerprint density at radius 3 is 2.61 bits per heavy atom. The zero-order chi connectivity index (χ0) is 17.0. The number of hydrogen-bond donors (Lipinski definition) is 2. The Hall–Kier alpha value is -2.63. The summed E-state index contributed by atoms with van der Waals surface area (Å²) in [5.74, 6) is -0.421. The highest BCUT2D eigenvalue weighted by Crippen LogP contribution is 2.22. The molecule has 0 aliphatic carbocycles. The highest BCUT2D eigenvalue weighted by molar-refractivity contribution is 5.91. The summed E-state index contributed by atoms with van der Waals surface area (Å²) in [5, 5.41) is 15.9. The molecule has 1 unspecified atom stereocenters. The van der Waals surface area contributed by atoms with Crippen molar-refractivity contribution in [2.24, 2.45) is 0 Å². The minimum Gasteiger partial charge on any atom is -0.478 e. The van der Waals surface area contributed by atoms with Gasteiger partial charge in [-0.05, 0) is 25.5 Å². The van der Waals surface area contributed by atoms with Crippen LogP contribution in [-0.2, 0) is 11.2 Å². The van der Waals surface area contributed by atoms with Gasteiger partial charge >= 0.3 is 5.97 Å². The molecule has 1 heterocycles. The molecular formula is C17H20N2O4. The van der Waals surface area contributed by atoms with Crippen molar-refractivity contribution >= 4 is 11.9 Å². The number of benzene rings is 1. The summed E-state index contributed by atoms with van der Waals surface area (Å²) in [6.07, 6.45) is 0.0385. The number of carboxylic acid groups (broad SMARTS) is 1. The fourth-order valence-electron chi connectivity index (χ4n) is 2.68. The van der Waals surface area contributed by atoms with Crippen molar-refractivity contribution in [1.82, 2.24) is 10.5 Å². The first kappa shape index (κ1) is 16.7. The van der Waals surface area contributed by atoms with Gasteiger partial charge in [-0.2, -0.15) is 0 Å². The van der Waals surface area contributed by atoms with E-state index < -0.39 is 5.97 Å². The Balaban J connectivity index is 1.97. The number of hydrogen-bond acceptors (Lipinski definition) is 4. The van der Waals surface area contributed by atoms with Gasteiger partial charge in [0.25, 0.3) is 0 Å². The quantitative estimate of drug-likeness (QED) is 0.854. The molecule has 2 N–H and O–H groups in total. The molecule has 2 aromatic rings. The van der Waals surface area contributed by atoms with E-state index in [1.165, 1.54) is 6.07 Å². The van der Waals surface area contributed by atoms with E-state index in [9.17, 15) is 9.59 Å². The number of nitrogens with one attached hydrogen (secondary N) is 1. The molecule has 2 rings (SSSR count). The summed E-state index contributed by atoms with van der Waals surface area (Å²) in [7, 11) is 0. The van der Waals surface area contributed by atoms with Crippen LogP contribution in [0.25, 0.3) is 0 Å². The third-order valence-electron chi connectivity index (χ3n) is 3.79. The van der Waals surface area contributed by atoms with E-state index in [0.717, 1.165) is 17.0 Å². The number of rotatable bonds is 6. The Kier molecular flexibility index (Phi) is 5.16. The third-order valence-corrected chi connectivity index (χ3v) is 3.79. The molecule has 0 bridgehead atoms. The lowest BCUT2D eigenvalue weighted by Crippen LogP contribution is -2.29. The van der Waals surface area contributed by atoms with Crippen LogP contribution in [0.15, 0.2) is 28.8 Å². The minimum atomic E-state index is -1.03. The number of aryl methyl sites for hydroxylation is 2. The Labute approximate surface area is 134 Å². The van der Waals surface area contributed by atoms with Crippen molar-refractivity contribution in [1.29, 1.82) is 0 Å². The molecule has 6 heteroatoms. The maximum Gasteiger partial charge on any atom is 0.335 e. The van der Waals surface area contributed by atoms with Gasteiger partial charge in [0, 0.05) is 18.0 Å². The zero-order valence-electron chi connectivity index (χ0n) is 13.4. The highest BCUT2D eigenvalue weighted by Gasteiger charge is 2.18. The van der Waals surface area contributed by atoms with Gasteiger partial charge in [-0.25, -0.2) is 4.79 Å². The first-order valence-corrected chi connectivity index (χ1v) is 7.40. The maximum atomic E-state index is 12.1. The second-order valence-corrected chi connectivity index (χ2v) is 5.58. The summed E-state index contributed by atoms with van der Waals surface area (Å²) in [5.41, 5.74) is 2.47. The van der Waals surface area contributed by atoms with Crippen LogP contribution in [-0.4, -0.2) is 28.7 Å². The highest BCUT2D eigenvalue weighted by atomic mass is 16.5. The SMILES string of the molecule is Cc1noc(C)c1C(C)CNC(=O)Cc1ccccc1C(=O)O. The van der Waals surface area contributed by atoms with Crippen LogP contribution in [0.3, 0.4) is 0 Å². The van der Waals surface area contributed by atoms with E-state index in [4.69, 9.17) is 9.63 Å². The number of nitrogens with zero attached hydrogens (tertiary/aromatic N) is 1. The molecule has 0 radical (unpaired) electrons. The fraction of sp³-hybridized carbons (Fsp3) is 0.353. The second kappa shape index (κ2) is 7.09. The normalized spacial score (nSPS) is 12.0. The molecule has 0 saturated heterocycles. The molecule has 6 nitrogen and oxygen atoms in total. The van der Waals surface area contributed by atoms with Gasteiger partial charge in [0.05, 0.1) is 17.7 Å². The van der Waals surface area contributed by atoms with Gasteiger partial charge in [-0.1, -0.05) is 30.3 Å². The van der Waals surface area contributed by atoms with Crippen molar-refractivity contribution in [2.45, 2.75) is 33.1 Å². The molecule has 0 aliphatic heterocycles. The monoisotopic (exact) mass is 316 g/mol. The predicted molar refractivity (Wildman–Crippen MR) is 84.5 cm³/mol. The first-order valence-electron chi connectivity index (χ1n) is 7.40. The predicted octanol–water partition coefficient (Wildman–Crippen LogP) is 2.45. The summed E-state index contributed by atoms with van der Waals surface area (Å²) >= 11 is 0. The second-order valence-electron chi connectivity index (χ2n) is 5.58. The molecule has 1 atom stereocenters. The van der Waals surface area contributed by atoms with Crippen LogP contribution in [0.2, 0.25) is 0 Å². The lowest BCUT2D eigenvalue weighted by molar-refractivity contribution is -0.120. The van der Waals surface area contributed by atoms with Gasteiger partial charge in [0.15, 0.2) is 0 Å². The van der Waals surface area contributed by atoms with Gasteiger partial charge in [0.1, 0.15) is 5.76 Å². The topological polar surface area (TPSA) is 92.4 Å². The number of aromatic carboxylic acids is 1. The zero-order valence-corrected chi connectivity index (χ0v) is 13.4. The molecule has 0 fully saturated rings. The number of aromatic nitrogens is 1. The number of carboxylic acids is 1. The molecule has 1 aromatic heterocycles. The Morgan fingerprint density at radius 1 is 1.30 bits per heavy atom. The van der Waals surface area contributed by atoms with Gasteiger partial charge in [-0.15, -0.1) is 0 Å². The van der Waals surface area contributed by atoms with Crippen molar-refractivity contribution in [3.63, 3.8) is 0 Å². The molecule has 122 valence electrons. The lowest BCUT2D eigenvalue weighted by Gasteiger charge is -2.13. The standard InChI is InChI=1S/C17H20N2O4/c1-10(16-11(2)19-23-12(16)3)9-18-15(20)8-13-6-4-5-7-14(13)17(21)22/h4-7,10H,8-9H2,1-3H3,(H,18,20)(H,21,22). The smallest absolute Gasteiger partial charge is 0.335 e. The lowest BCUT2D eigenvalue weighted by atomic mass is 9.99. The van der Waals surface area contributed by atoms with Crippen LogP contribution in [0.5, 0.6) is 0 Å². The van der Waals surface area contributed by atoms with Gasteiger partial charge < -0.3 is 14.9 Å². The van der Waals surface area contributed by atoms with Gasteiger partial charge in [0.2, 0.25) is 5.91 Å². The van der Waals surface area contributed by atoms with E-state index in [2.05, 4.69) is 10.5 Å². The van der Waals surface area contributed by atoms with E-state index in [1.54, 1.807) is 18.2 Å². The van der Waals surface area contributed by atoms with Crippen LogP contribution < -0.4 is 5.32 Å². The average molecular weight is 316 g/mol. The average Bonchev–Trinajstić information content (AvgIpc) is 2.84. The number of carbonyl (C=O) groups is 2. The molecule has 0 saturated carbocycles. The van der Waals surface area contributed by atoms with Crippen LogP contribution in [0, 0.1) is 13.8 Å². The third kappa shape index (κ3) is 3.97. The molecule has 1 aromatic carbocycles. The van der Waals surface area contributed by atoms with E-state index in [-0.39, 0.29) is 23.8 Å². The van der Waals surface area contributed by atoms with Crippen molar-refractivity contribution in [2.75, 3.05) is 6.54 Å². The summed E-state index contributed by atoms with van der Waals surface area (Å²) in [4.78, 5) is 23.2. The maximum absolute atomic E-state index is 12.1. The van der Waals surface area contributed by atoms with Crippen molar-refractivity contribution < 1.29 is 19.2 Å². The summed E-state index contributed by atoms with van der Waals surface area (Å²) in [6.45, 7) is 6.14. The van der Waals surface area contributed by atoms with E-state index in [0.29, 0.717) is 12.1 Å². The van der Waals surface area contributed by atoms with Crippen LogP contribution >= 0.6 is 0 Å². The molecule has 23 heavy (non-hydrogen) atoms.